The molecular formula is C19H20N2O2S. The number of nitrogens with one attached hydrogen (secondary N) is 2. The number of hydrogen-bond donors (Lipinski definition) is 2. The van der Waals surface area contributed by atoms with Gasteiger partial charge in [0.1, 0.15) is 0 Å². The van der Waals surface area contributed by atoms with E-state index in [4.69, 9.17) is 0 Å². The lowest BCUT2D eigenvalue weighted by atomic mass is 9.90. The summed E-state index contributed by atoms with van der Waals surface area (Å²) >= 11 is 1.72. The third kappa shape index (κ3) is 3.97. The summed E-state index contributed by atoms with van der Waals surface area (Å²) in [6.45, 7) is 2.65. The normalized spacial score (nSPS) is 17.5. The summed E-state index contributed by atoms with van der Waals surface area (Å²) in [5, 5.41) is 6.07. The molecule has 5 heteroatoms. The van der Waals surface area contributed by atoms with E-state index in [1.54, 1.807) is 11.8 Å². The first-order valence-corrected chi connectivity index (χ1v) is 8.89. The Morgan fingerprint density at radius 1 is 1.21 bits per heavy atom. The monoisotopic (exact) mass is 340 g/mol. The van der Waals surface area contributed by atoms with Crippen LogP contribution >= 0.6 is 11.8 Å². The number of para-hydroxylation sites is 1. The van der Waals surface area contributed by atoms with Gasteiger partial charge in [0.2, 0.25) is 11.8 Å². The van der Waals surface area contributed by atoms with E-state index < -0.39 is 5.92 Å². The lowest BCUT2D eigenvalue weighted by Gasteiger charge is -2.25. The average Bonchev–Trinajstić information content (AvgIpc) is 2.59. The summed E-state index contributed by atoms with van der Waals surface area (Å²) in [7, 11) is 0. The second-order valence-corrected chi connectivity index (χ2v) is 7.39. The molecule has 2 N–H and O–H groups in total. The molecule has 2 aromatic rings. The van der Waals surface area contributed by atoms with Gasteiger partial charge >= 0.3 is 0 Å². The van der Waals surface area contributed by atoms with Crippen LogP contribution in [0.2, 0.25) is 0 Å². The SMILES string of the molecule is CC(CNC(=O)C1CC(=O)Nc2ccccc21)Sc1ccccc1. The number of anilines is 1. The molecule has 2 aromatic carbocycles. The molecule has 0 bridgehead atoms. The molecule has 1 aliphatic heterocycles. The van der Waals surface area contributed by atoms with Crippen LogP contribution in [0.15, 0.2) is 59.5 Å². The summed E-state index contributed by atoms with van der Waals surface area (Å²) in [6, 6.07) is 17.6. The Kier molecular flexibility index (Phi) is 5.20. The molecule has 2 atom stereocenters. The maximum Gasteiger partial charge on any atom is 0.228 e. The summed E-state index contributed by atoms with van der Waals surface area (Å²) < 4.78 is 0. The molecule has 3 rings (SSSR count). The second-order valence-electron chi connectivity index (χ2n) is 5.88. The highest BCUT2D eigenvalue weighted by molar-refractivity contribution is 8.00. The number of rotatable bonds is 5. The van der Waals surface area contributed by atoms with Crippen molar-refractivity contribution < 1.29 is 9.59 Å². The largest absolute Gasteiger partial charge is 0.354 e. The lowest BCUT2D eigenvalue weighted by Crippen LogP contribution is -2.37. The highest BCUT2D eigenvalue weighted by atomic mass is 32.2. The van der Waals surface area contributed by atoms with Gasteiger partial charge in [-0.25, -0.2) is 0 Å². The van der Waals surface area contributed by atoms with Gasteiger partial charge in [0.25, 0.3) is 0 Å². The Hall–Kier alpha value is -2.27. The van der Waals surface area contributed by atoms with E-state index in [0.717, 1.165) is 11.3 Å². The van der Waals surface area contributed by atoms with Crippen LogP contribution in [0.3, 0.4) is 0 Å². The van der Waals surface area contributed by atoms with Gasteiger partial charge in [-0.2, -0.15) is 0 Å². The lowest BCUT2D eigenvalue weighted by molar-refractivity contribution is -0.126. The highest BCUT2D eigenvalue weighted by Crippen LogP contribution is 2.32. The quantitative estimate of drug-likeness (QED) is 0.820. The maximum absolute atomic E-state index is 12.6. The molecule has 2 unspecified atom stereocenters. The van der Waals surface area contributed by atoms with Crippen molar-refractivity contribution in [3.8, 4) is 0 Å². The van der Waals surface area contributed by atoms with Gasteiger partial charge in [0.15, 0.2) is 0 Å². The van der Waals surface area contributed by atoms with Crippen molar-refractivity contribution >= 4 is 29.3 Å². The first-order chi connectivity index (χ1) is 11.6. The van der Waals surface area contributed by atoms with Crippen LogP contribution < -0.4 is 10.6 Å². The van der Waals surface area contributed by atoms with Crippen LogP contribution in [0.4, 0.5) is 5.69 Å². The first kappa shape index (κ1) is 16.6. The maximum atomic E-state index is 12.6. The zero-order chi connectivity index (χ0) is 16.9. The van der Waals surface area contributed by atoms with E-state index in [1.807, 2.05) is 42.5 Å². The highest BCUT2D eigenvalue weighted by Gasteiger charge is 2.30. The van der Waals surface area contributed by atoms with Crippen molar-refractivity contribution in [2.24, 2.45) is 0 Å². The molecule has 4 nitrogen and oxygen atoms in total. The Morgan fingerprint density at radius 2 is 1.92 bits per heavy atom. The zero-order valence-corrected chi connectivity index (χ0v) is 14.3. The molecule has 124 valence electrons. The number of amides is 2. The fraction of sp³-hybridized carbons (Fsp3) is 0.263. The number of fused-ring (bicyclic) bond motifs is 1. The number of carbonyl (C=O) groups is 2. The van der Waals surface area contributed by atoms with Crippen LogP contribution in [0.25, 0.3) is 0 Å². The van der Waals surface area contributed by atoms with E-state index in [9.17, 15) is 9.59 Å². The van der Waals surface area contributed by atoms with Crippen molar-refractivity contribution in [3.63, 3.8) is 0 Å². The van der Waals surface area contributed by atoms with Gasteiger partial charge in [0, 0.05) is 28.8 Å². The van der Waals surface area contributed by atoms with E-state index in [-0.39, 0.29) is 23.5 Å². The molecule has 24 heavy (non-hydrogen) atoms. The van der Waals surface area contributed by atoms with Crippen LogP contribution in [0.5, 0.6) is 0 Å². The van der Waals surface area contributed by atoms with Crippen LogP contribution in [0.1, 0.15) is 24.8 Å². The standard InChI is InChI=1S/C19H20N2O2S/c1-13(24-14-7-3-2-4-8-14)12-20-19(23)16-11-18(22)21-17-10-6-5-9-15(16)17/h2-10,13,16H,11-12H2,1H3,(H,20,23)(H,21,22). The molecule has 0 aliphatic carbocycles. The van der Waals surface area contributed by atoms with Crippen LogP contribution in [0, 0.1) is 0 Å². The Labute approximate surface area is 146 Å². The predicted molar refractivity (Wildman–Crippen MR) is 97.2 cm³/mol. The molecule has 0 saturated carbocycles. The Balaban J connectivity index is 1.60. The number of carbonyl (C=O) groups excluding carboxylic acids is 2. The molecule has 0 saturated heterocycles. The van der Waals surface area contributed by atoms with Crippen molar-refractivity contribution in [2.75, 3.05) is 11.9 Å². The van der Waals surface area contributed by atoms with E-state index in [0.29, 0.717) is 6.54 Å². The van der Waals surface area contributed by atoms with Gasteiger partial charge in [-0.05, 0) is 23.8 Å². The van der Waals surface area contributed by atoms with Gasteiger partial charge in [0.05, 0.1) is 5.92 Å². The molecule has 0 fully saturated rings. The van der Waals surface area contributed by atoms with Crippen molar-refractivity contribution in [1.82, 2.24) is 5.32 Å². The van der Waals surface area contributed by atoms with E-state index >= 15 is 0 Å². The molecule has 0 radical (unpaired) electrons. The van der Waals surface area contributed by atoms with Crippen molar-refractivity contribution in [3.05, 3.63) is 60.2 Å². The minimum atomic E-state index is -0.413. The van der Waals surface area contributed by atoms with Gasteiger partial charge < -0.3 is 10.6 Å². The summed E-state index contributed by atoms with van der Waals surface area (Å²) in [5.74, 6) is -0.609. The molecule has 0 aromatic heterocycles. The summed E-state index contributed by atoms with van der Waals surface area (Å²) in [6.07, 6.45) is 0.197. The minimum Gasteiger partial charge on any atom is -0.354 e. The third-order valence-corrected chi connectivity index (χ3v) is 5.07. The number of thioether (sulfide) groups is 1. The smallest absolute Gasteiger partial charge is 0.228 e. The molecule has 2 amide bonds. The van der Waals surface area contributed by atoms with Crippen LogP contribution in [-0.2, 0) is 9.59 Å². The average molecular weight is 340 g/mol. The fourth-order valence-electron chi connectivity index (χ4n) is 2.79. The van der Waals surface area contributed by atoms with Gasteiger partial charge in [-0.15, -0.1) is 11.8 Å². The van der Waals surface area contributed by atoms with Crippen molar-refractivity contribution in [1.29, 1.82) is 0 Å². The number of hydrogen-bond acceptors (Lipinski definition) is 3. The third-order valence-electron chi connectivity index (χ3n) is 3.96. The number of benzene rings is 2. The molecule has 1 aliphatic rings. The van der Waals surface area contributed by atoms with Gasteiger partial charge in [-0.1, -0.05) is 43.3 Å². The first-order valence-electron chi connectivity index (χ1n) is 8.01. The summed E-state index contributed by atoms with van der Waals surface area (Å²) in [5.41, 5.74) is 1.62. The molecule has 0 spiro atoms. The van der Waals surface area contributed by atoms with Crippen LogP contribution in [-0.4, -0.2) is 23.6 Å². The molecule has 1 heterocycles. The molecular weight excluding hydrogens is 320 g/mol. The van der Waals surface area contributed by atoms with Crippen molar-refractivity contribution in [2.45, 2.75) is 29.4 Å². The summed E-state index contributed by atoms with van der Waals surface area (Å²) in [4.78, 5) is 25.6. The second kappa shape index (κ2) is 7.53. The Morgan fingerprint density at radius 3 is 2.71 bits per heavy atom. The van der Waals surface area contributed by atoms with Gasteiger partial charge in [-0.3, -0.25) is 9.59 Å². The fourth-order valence-corrected chi connectivity index (χ4v) is 3.73. The van der Waals surface area contributed by atoms with E-state index in [2.05, 4.69) is 29.7 Å². The zero-order valence-electron chi connectivity index (χ0n) is 13.5. The predicted octanol–water partition coefficient (Wildman–Crippen LogP) is 3.41. The minimum absolute atomic E-state index is 0.0854. The topological polar surface area (TPSA) is 58.2 Å². The van der Waals surface area contributed by atoms with E-state index in [1.165, 1.54) is 4.90 Å². The Bertz CT molecular complexity index is 733.